The largest absolute Gasteiger partial charge is 0.542 e. The van der Waals surface area contributed by atoms with Gasteiger partial charge in [0.05, 0.1) is 12.8 Å². The molecule has 3 aliphatic rings. The third-order valence-electron chi connectivity index (χ3n) is 7.40. The molecule has 1 aromatic carbocycles. The summed E-state index contributed by atoms with van der Waals surface area (Å²) in [6.45, 7) is 9.18. The summed E-state index contributed by atoms with van der Waals surface area (Å²) in [5.74, 6) is 4.02. The topological polar surface area (TPSA) is 40.0 Å². The molecule has 28 heavy (non-hydrogen) atoms. The van der Waals surface area contributed by atoms with Crippen molar-refractivity contribution in [2.75, 3.05) is 14.2 Å². The van der Waals surface area contributed by atoms with Crippen LogP contribution < -0.4 is 9.16 Å². The fraction of sp³-hybridized carbons (Fsp3) is 0.696. The molecule has 5 heteroatoms. The smallest absolute Gasteiger partial charge is 0.242 e. The van der Waals surface area contributed by atoms with Gasteiger partial charge in [-0.15, -0.1) is 0 Å². The molecule has 2 fully saturated rings. The first kappa shape index (κ1) is 19.8. The average molecular weight is 402 g/mol. The summed E-state index contributed by atoms with van der Waals surface area (Å²) in [4.78, 5) is 5.18. The van der Waals surface area contributed by atoms with E-state index in [0.29, 0.717) is 5.92 Å². The minimum absolute atomic E-state index is 0.221. The Morgan fingerprint density at radius 2 is 1.86 bits per heavy atom. The molecule has 0 unspecified atom stereocenters. The van der Waals surface area contributed by atoms with Gasteiger partial charge in [-0.05, 0) is 87.5 Å². The van der Waals surface area contributed by atoms with Crippen LogP contribution in [0.4, 0.5) is 0 Å². The fourth-order valence-corrected chi connectivity index (χ4v) is 7.08. The molecule has 4 rings (SSSR count). The lowest BCUT2D eigenvalue weighted by Crippen LogP contribution is -2.42. The van der Waals surface area contributed by atoms with Gasteiger partial charge < -0.3 is 14.0 Å². The number of oxime groups is 1. The minimum atomic E-state index is -1.71. The molecule has 1 aromatic rings. The van der Waals surface area contributed by atoms with Crippen molar-refractivity contribution in [3.8, 4) is 11.5 Å². The van der Waals surface area contributed by atoms with Crippen molar-refractivity contribution in [2.45, 2.75) is 71.0 Å². The van der Waals surface area contributed by atoms with Crippen LogP contribution in [-0.2, 0) is 11.3 Å². The predicted molar refractivity (Wildman–Crippen MR) is 116 cm³/mol. The molecule has 0 aromatic heterocycles. The summed E-state index contributed by atoms with van der Waals surface area (Å²) in [5.41, 5.74) is 4.44. The highest BCUT2D eigenvalue weighted by Gasteiger charge is 2.54. The summed E-state index contributed by atoms with van der Waals surface area (Å²) < 4.78 is 12.2. The minimum Gasteiger partial charge on any atom is -0.542 e. The van der Waals surface area contributed by atoms with E-state index in [1.165, 1.54) is 42.5 Å². The SMILES string of the molecule is CO/N=C1\CC[C@H]2[C@@H]3CCc4c(ccc(OC)c4O[Si](C)(C)C)[C@H]3CC[C@]12C. The lowest BCUT2D eigenvalue weighted by atomic mass is 9.55. The third-order valence-corrected chi connectivity index (χ3v) is 8.21. The van der Waals surface area contributed by atoms with Crippen molar-refractivity contribution in [2.24, 2.45) is 22.4 Å². The maximum atomic E-state index is 6.54. The number of ether oxygens (including phenoxy) is 1. The predicted octanol–water partition coefficient (Wildman–Crippen LogP) is 5.77. The summed E-state index contributed by atoms with van der Waals surface area (Å²) in [7, 11) is 1.73. The van der Waals surface area contributed by atoms with Crippen LogP contribution in [0.2, 0.25) is 19.6 Å². The molecule has 0 radical (unpaired) electrons. The van der Waals surface area contributed by atoms with Crippen LogP contribution in [-0.4, -0.2) is 28.2 Å². The second kappa shape index (κ2) is 7.08. The van der Waals surface area contributed by atoms with Gasteiger partial charge in [0, 0.05) is 11.0 Å². The van der Waals surface area contributed by atoms with Crippen LogP contribution in [0.25, 0.3) is 0 Å². The van der Waals surface area contributed by atoms with Crippen LogP contribution in [0.5, 0.6) is 11.5 Å². The molecular formula is C23H35NO3Si. The molecule has 4 nitrogen and oxygen atoms in total. The Balaban J connectivity index is 1.70. The molecule has 0 bridgehead atoms. The molecular weight excluding hydrogens is 366 g/mol. The van der Waals surface area contributed by atoms with Crippen molar-refractivity contribution >= 4 is 14.0 Å². The van der Waals surface area contributed by atoms with Crippen LogP contribution in [0.1, 0.15) is 56.1 Å². The Kier molecular flexibility index (Phi) is 5.01. The molecule has 0 saturated heterocycles. The van der Waals surface area contributed by atoms with E-state index in [-0.39, 0.29) is 5.41 Å². The Morgan fingerprint density at radius 1 is 1.07 bits per heavy atom. The van der Waals surface area contributed by atoms with Gasteiger partial charge in [0.1, 0.15) is 12.9 Å². The standard InChI is InChI=1S/C23H35NO3Si/c1-23-14-13-16-15-9-11-20(25-2)22(27-28(4,5)6)18(15)8-7-17(16)19(23)10-12-21(23)24-26-3/h9,11,16-17,19H,7-8,10,12-14H2,1-6H3/b24-21+/t16-,17-,19+,23+/m1/s1. The molecule has 0 N–H and O–H groups in total. The van der Waals surface area contributed by atoms with Crippen molar-refractivity contribution in [1.82, 2.24) is 0 Å². The number of nitrogens with zero attached hydrogens (tertiary/aromatic N) is 1. The summed E-state index contributed by atoms with van der Waals surface area (Å²) in [6, 6.07) is 4.46. The lowest BCUT2D eigenvalue weighted by molar-refractivity contribution is 0.0921. The molecule has 4 atom stereocenters. The molecule has 0 amide bonds. The van der Waals surface area contributed by atoms with Crippen LogP contribution in [0.15, 0.2) is 17.3 Å². The summed E-state index contributed by atoms with van der Waals surface area (Å²) in [6.07, 6.45) is 7.12. The van der Waals surface area contributed by atoms with Gasteiger partial charge in [-0.25, -0.2) is 0 Å². The van der Waals surface area contributed by atoms with Crippen molar-refractivity contribution in [3.63, 3.8) is 0 Å². The monoisotopic (exact) mass is 401 g/mol. The van der Waals surface area contributed by atoms with Gasteiger partial charge >= 0.3 is 0 Å². The molecule has 0 spiro atoms. The Morgan fingerprint density at radius 3 is 2.54 bits per heavy atom. The summed E-state index contributed by atoms with van der Waals surface area (Å²) >= 11 is 0. The van der Waals surface area contributed by atoms with E-state index in [1.807, 2.05) is 0 Å². The Labute approximate surface area is 170 Å². The fourth-order valence-electron chi connectivity index (χ4n) is 6.24. The van der Waals surface area contributed by atoms with Gasteiger partial charge in [-0.1, -0.05) is 18.1 Å². The first-order valence-electron chi connectivity index (χ1n) is 10.8. The number of hydrogen-bond acceptors (Lipinski definition) is 4. The maximum Gasteiger partial charge on any atom is 0.242 e. The van der Waals surface area contributed by atoms with Crippen molar-refractivity contribution in [3.05, 3.63) is 23.3 Å². The van der Waals surface area contributed by atoms with Crippen molar-refractivity contribution in [1.29, 1.82) is 0 Å². The highest BCUT2D eigenvalue weighted by molar-refractivity contribution is 6.70. The van der Waals surface area contributed by atoms with Crippen LogP contribution in [0.3, 0.4) is 0 Å². The van der Waals surface area contributed by atoms with E-state index < -0.39 is 8.32 Å². The molecule has 0 heterocycles. The second-order valence-electron chi connectivity index (χ2n) is 10.0. The molecule has 3 aliphatic carbocycles. The maximum absolute atomic E-state index is 6.54. The average Bonchev–Trinajstić information content (AvgIpc) is 2.97. The number of methoxy groups -OCH3 is 1. The van der Waals surface area contributed by atoms with Crippen molar-refractivity contribution < 1.29 is 14.0 Å². The van der Waals surface area contributed by atoms with E-state index >= 15 is 0 Å². The number of rotatable bonds is 4. The van der Waals surface area contributed by atoms with Crippen LogP contribution in [0, 0.1) is 17.3 Å². The van der Waals surface area contributed by atoms with E-state index in [0.717, 1.165) is 36.2 Å². The molecule has 2 saturated carbocycles. The lowest BCUT2D eigenvalue weighted by Gasteiger charge is -2.49. The first-order valence-corrected chi connectivity index (χ1v) is 14.2. The normalized spacial score (nSPS) is 33.1. The Hall–Kier alpha value is -1.49. The zero-order valence-corrected chi connectivity index (χ0v) is 19.3. The third kappa shape index (κ3) is 3.16. The van der Waals surface area contributed by atoms with Gasteiger partial charge in [-0.2, -0.15) is 0 Å². The van der Waals surface area contributed by atoms with E-state index in [4.69, 9.17) is 14.0 Å². The highest BCUT2D eigenvalue weighted by Crippen LogP contribution is 2.61. The number of benzene rings is 1. The number of hydrogen-bond donors (Lipinski definition) is 0. The van der Waals surface area contributed by atoms with Gasteiger partial charge in [-0.3, -0.25) is 0 Å². The quantitative estimate of drug-likeness (QED) is 0.475. The Bertz CT molecular complexity index is 785. The first-order chi connectivity index (χ1) is 13.3. The zero-order valence-electron chi connectivity index (χ0n) is 18.3. The van der Waals surface area contributed by atoms with E-state index in [2.05, 4.69) is 43.9 Å². The van der Waals surface area contributed by atoms with E-state index in [9.17, 15) is 0 Å². The molecule has 154 valence electrons. The zero-order chi connectivity index (χ0) is 20.1. The molecule has 0 aliphatic heterocycles. The van der Waals surface area contributed by atoms with E-state index in [1.54, 1.807) is 14.2 Å². The van der Waals surface area contributed by atoms with Gasteiger partial charge in [0.2, 0.25) is 8.32 Å². The number of fused-ring (bicyclic) bond motifs is 5. The van der Waals surface area contributed by atoms with Gasteiger partial charge in [0.25, 0.3) is 0 Å². The highest BCUT2D eigenvalue weighted by atomic mass is 28.4. The van der Waals surface area contributed by atoms with Crippen LogP contribution >= 0.6 is 0 Å². The second-order valence-corrected chi connectivity index (χ2v) is 14.4. The summed E-state index contributed by atoms with van der Waals surface area (Å²) in [5, 5.41) is 4.42. The van der Waals surface area contributed by atoms with Gasteiger partial charge in [0.15, 0.2) is 5.75 Å².